The first-order valence-corrected chi connectivity index (χ1v) is 5.88. The highest BCUT2D eigenvalue weighted by Gasteiger charge is 2.26. The van der Waals surface area contributed by atoms with Crippen LogP contribution in [-0.4, -0.2) is 16.2 Å². The van der Waals surface area contributed by atoms with Gasteiger partial charge in [-0.1, -0.05) is 25.1 Å². The summed E-state index contributed by atoms with van der Waals surface area (Å²) < 4.78 is 0. The molecule has 82 valence electrons. The topological polar surface area (TPSA) is 43.1 Å². The summed E-state index contributed by atoms with van der Waals surface area (Å²) in [5.74, 6) is 0. The second-order valence-electron chi connectivity index (χ2n) is 3.40. The number of nitro groups is 1. The van der Waals surface area contributed by atoms with Crippen molar-refractivity contribution in [2.75, 3.05) is 0 Å². The molecule has 0 aliphatic carbocycles. The first-order chi connectivity index (χ1) is 7.15. The monoisotopic (exact) mass is 225 g/mol. The molecular formula is C11H15NO2S. The SMILES string of the molecule is CCC(C(C)Sc1ccccc1)[N+](=O)[O-]. The summed E-state index contributed by atoms with van der Waals surface area (Å²) in [6, 6.07) is 9.33. The molecule has 0 fully saturated rings. The van der Waals surface area contributed by atoms with Gasteiger partial charge in [0.1, 0.15) is 0 Å². The van der Waals surface area contributed by atoms with Gasteiger partial charge >= 0.3 is 0 Å². The predicted octanol–water partition coefficient (Wildman–Crippen LogP) is 3.22. The Kier molecular flexibility index (Phi) is 4.62. The van der Waals surface area contributed by atoms with Crippen molar-refractivity contribution in [3.63, 3.8) is 0 Å². The summed E-state index contributed by atoms with van der Waals surface area (Å²) in [5.41, 5.74) is 0. The zero-order chi connectivity index (χ0) is 11.3. The highest BCUT2D eigenvalue weighted by molar-refractivity contribution is 8.00. The number of hydrogen-bond donors (Lipinski definition) is 0. The van der Waals surface area contributed by atoms with E-state index in [1.54, 1.807) is 11.8 Å². The molecule has 2 atom stereocenters. The van der Waals surface area contributed by atoms with Crippen molar-refractivity contribution in [2.45, 2.75) is 36.5 Å². The third kappa shape index (κ3) is 3.55. The van der Waals surface area contributed by atoms with Crippen LogP contribution in [0.4, 0.5) is 0 Å². The Labute approximate surface area is 94.0 Å². The Morgan fingerprint density at radius 3 is 2.47 bits per heavy atom. The Balaban J connectivity index is 2.62. The van der Waals surface area contributed by atoms with E-state index in [2.05, 4.69) is 0 Å². The van der Waals surface area contributed by atoms with Gasteiger partial charge in [-0.15, -0.1) is 11.8 Å². The number of benzene rings is 1. The van der Waals surface area contributed by atoms with Gasteiger partial charge < -0.3 is 0 Å². The largest absolute Gasteiger partial charge is 0.264 e. The van der Waals surface area contributed by atoms with Crippen LogP contribution >= 0.6 is 11.8 Å². The molecule has 1 rings (SSSR count). The highest BCUT2D eigenvalue weighted by atomic mass is 32.2. The fourth-order valence-electron chi connectivity index (χ4n) is 1.44. The molecule has 0 aliphatic rings. The highest BCUT2D eigenvalue weighted by Crippen LogP contribution is 2.26. The summed E-state index contributed by atoms with van der Waals surface area (Å²) in [4.78, 5) is 11.7. The van der Waals surface area contributed by atoms with Crippen LogP contribution in [0.25, 0.3) is 0 Å². The second-order valence-corrected chi connectivity index (χ2v) is 4.85. The Morgan fingerprint density at radius 2 is 2.00 bits per heavy atom. The van der Waals surface area contributed by atoms with Crippen LogP contribution in [0.5, 0.6) is 0 Å². The second kappa shape index (κ2) is 5.75. The summed E-state index contributed by atoms with van der Waals surface area (Å²) in [7, 11) is 0. The molecule has 0 radical (unpaired) electrons. The maximum absolute atomic E-state index is 10.8. The Morgan fingerprint density at radius 1 is 1.40 bits per heavy atom. The van der Waals surface area contributed by atoms with E-state index in [1.807, 2.05) is 44.2 Å². The van der Waals surface area contributed by atoms with Crippen LogP contribution in [0.1, 0.15) is 20.3 Å². The molecule has 1 aromatic carbocycles. The third-order valence-corrected chi connectivity index (χ3v) is 3.53. The molecule has 0 aliphatic heterocycles. The molecule has 0 bridgehead atoms. The van der Waals surface area contributed by atoms with Crippen LogP contribution in [0.3, 0.4) is 0 Å². The minimum Gasteiger partial charge on any atom is -0.264 e. The maximum Gasteiger partial charge on any atom is 0.224 e. The summed E-state index contributed by atoms with van der Waals surface area (Å²) in [5, 5.41) is 10.8. The van der Waals surface area contributed by atoms with Gasteiger partial charge in [-0.25, -0.2) is 0 Å². The molecule has 0 N–H and O–H groups in total. The molecule has 0 amide bonds. The molecule has 1 aromatic rings. The fraction of sp³-hybridized carbons (Fsp3) is 0.455. The van der Waals surface area contributed by atoms with Gasteiger partial charge in [0.25, 0.3) is 0 Å². The Bertz CT molecular complexity index is 316. The van der Waals surface area contributed by atoms with Crippen LogP contribution in [0, 0.1) is 10.1 Å². The average Bonchev–Trinajstić information content (AvgIpc) is 2.19. The number of thioether (sulfide) groups is 1. The maximum atomic E-state index is 10.8. The lowest BCUT2D eigenvalue weighted by atomic mass is 10.2. The van der Waals surface area contributed by atoms with Crippen LogP contribution in [-0.2, 0) is 0 Å². The van der Waals surface area contributed by atoms with Gasteiger partial charge in [0.05, 0.1) is 5.25 Å². The number of hydrogen-bond acceptors (Lipinski definition) is 3. The molecule has 0 spiro atoms. The standard InChI is InChI=1S/C11H15NO2S/c1-3-11(12(13)14)9(2)15-10-7-5-4-6-8-10/h4-9,11H,3H2,1-2H3. The molecule has 15 heavy (non-hydrogen) atoms. The lowest BCUT2D eigenvalue weighted by Crippen LogP contribution is -2.28. The molecule has 4 heteroatoms. The van der Waals surface area contributed by atoms with E-state index in [1.165, 1.54) is 0 Å². The summed E-state index contributed by atoms with van der Waals surface area (Å²) in [6.45, 7) is 3.77. The first-order valence-electron chi connectivity index (χ1n) is 5.00. The van der Waals surface area contributed by atoms with Crippen molar-refractivity contribution in [3.8, 4) is 0 Å². The lowest BCUT2D eigenvalue weighted by molar-refractivity contribution is -0.521. The number of rotatable bonds is 5. The van der Waals surface area contributed by atoms with Gasteiger partial charge in [-0.05, 0) is 19.1 Å². The van der Waals surface area contributed by atoms with E-state index < -0.39 is 6.04 Å². The van der Waals surface area contributed by atoms with E-state index >= 15 is 0 Å². The van der Waals surface area contributed by atoms with Gasteiger partial charge in [0.2, 0.25) is 6.04 Å². The molecule has 0 heterocycles. The van der Waals surface area contributed by atoms with Crippen molar-refractivity contribution < 1.29 is 4.92 Å². The van der Waals surface area contributed by atoms with Crippen molar-refractivity contribution in [2.24, 2.45) is 0 Å². The van der Waals surface area contributed by atoms with E-state index in [0.717, 1.165) is 4.90 Å². The van der Waals surface area contributed by atoms with Gasteiger partial charge in [-0.3, -0.25) is 10.1 Å². The van der Waals surface area contributed by atoms with Crippen molar-refractivity contribution in [1.82, 2.24) is 0 Å². The quantitative estimate of drug-likeness (QED) is 0.439. The van der Waals surface area contributed by atoms with E-state index in [4.69, 9.17) is 0 Å². The zero-order valence-corrected chi connectivity index (χ0v) is 9.74. The average molecular weight is 225 g/mol. The summed E-state index contributed by atoms with van der Waals surface area (Å²) in [6.07, 6.45) is 0.577. The van der Waals surface area contributed by atoms with Crippen LogP contribution in [0.15, 0.2) is 35.2 Å². The summed E-state index contributed by atoms with van der Waals surface area (Å²) >= 11 is 1.56. The lowest BCUT2D eigenvalue weighted by Gasteiger charge is -2.14. The smallest absolute Gasteiger partial charge is 0.224 e. The van der Waals surface area contributed by atoms with Crippen molar-refractivity contribution >= 4 is 11.8 Å². The molecular weight excluding hydrogens is 210 g/mol. The first kappa shape index (κ1) is 12.0. The number of nitrogens with zero attached hydrogens (tertiary/aromatic N) is 1. The molecule has 0 aromatic heterocycles. The normalized spacial score (nSPS) is 14.5. The van der Waals surface area contributed by atoms with E-state index in [-0.39, 0.29) is 10.2 Å². The molecule has 2 unspecified atom stereocenters. The minimum absolute atomic E-state index is 0.00685. The minimum atomic E-state index is -0.463. The van der Waals surface area contributed by atoms with Crippen molar-refractivity contribution in [3.05, 3.63) is 40.4 Å². The van der Waals surface area contributed by atoms with Gasteiger partial charge in [0.15, 0.2) is 0 Å². The predicted molar refractivity (Wildman–Crippen MR) is 62.8 cm³/mol. The van der Waals surface area contributed by atoms with Gasteiger partial charge in [0, 0.05) is 16.2 Å². The fourth-order valence-corrected chi connectivity index (χ4v) is 2.64. The van der Waals surface area contributed by atoms with E-state index in [0.29, 0.717) is 6.42 Å². The van der Waals surface area contributed by atoms with E-state index in [9.17, 15) is 10.1 Å². The zero-order valence-electron chi connectivity index (χ0n) is 8.92. The molecule has 0 saturated heterocycles. The molecule has 3 nitrogen and oxygen atoms in total. The molecule has 0 saturated carbocycles. The van der Waals surface area contributed by atoms with Crippen LogP contribution < -0.4 is 0 Å². The van der Waals surface area contributed by atoms with Crippen molar-refractivity contribution in [1.29, 1.82) is 0 Å². The van der Waals surface area contributed by atoms with Crippen LogP contribution in [0.2, 0.25) is 0 Å². The Hall–Kier alpha value is -1.03. The third-order valence-electron chi connectivity index (χ3n) is 2.30. The van der Waals surface area contributed by atoms with Gasteiger partial charge in [-0.2, -0.15) is 0 Å².